The Morgan fingerprint density at radius 3 is 2.35 bits per heavy atom. The monoisotopic (exact) mass is 363 g/mol. The van der Waals surface area contributed by atoms with Crippen LogP contribution in [-0.4, -0.2) is 48.5 Å². The van der Waals surface area contributed by atoms with Gasteiger partial charge in [-0.3, -0.25) is 4.79 Å². The van der Waals surface area contributed by atoms with E-state index in [2.05, 4.69) is 4.90 Å². The van der Waals surface area contributed by atoms with Gasteiger partial charge in [-0.15, -0.1) is 0 Å². The smallest absolute Gasteiger partial charge is 0.308 e. The molecule has 146 valence electrons. The van der Waals surface area contributed by atoms with Crippen LogP contribution in [0.25, 0.3) is 0 Å². The molecule has 2 unspecified atom stereocenters. The minimum atomic E-state index is -0.644. The Hall–Kier alpha value is -1.59. The van der Waals surface area contributed by atoms with E-state index in [0.29, 0.717) is 12.2 Å². The van der Waals surface area contributed by atoms with Gasteiger partial charge in [-0.1, -0.05) is 38.3 Å². The van der Waals surface area contributed by atoms with E-state index >= 15 is 0 Å². The maximum absolute atomic E-state index is 11.3. The Balaban J connectivity index is 2.10. The lowest BCUT2D eigenvalue weighted by molar-refractivity contribution is -0.160. The van der Waals surface area contributed by atoms with Crippen LogP contribution in [0.2, 0.25) is 0 Å². The molecular formula is C21H33NO4. The summed E-state index contributed by atoms with van der Waals surface area (Å²) < 4.78 is 10.8. The summed E-state index contributed by atoms with van der Waals surface area (Å²) in [5.74, 6) is 0.450. The molecule has 0 saturated heterocycles. The van der Waals surface area contributed by atoms with Gasteiger partial charge in [0.15, 0.2) is 0 Å². The number of likely N-dealkylation sites (N-methyl/N-ethyl adjacent to an activating group) is 1. The van der Waals surface area contributed by atoms with Crippen molar-refractivity contribution in [2.24, 2.45) is 0 Å². The van der Waals surface area contributed by atoms with E-state index in [0.717, 1.165) is 37.8 Å². The molecule has 2 atom stereocenters. The second kappa shape index (κ2) is 9.38. The molecule has 0 radical (unpaired) electrons. The number of carbonyl (C=O) groups excluding carboxylic acids is 1. The Kier molecular flexibility index (Phi) is 7.47. The second-order valence-corrected chi connectivity index (χ2v) is 7.58. The molecule has 1 saturated carbocycles. The topological polar surface area (TPSA) is 59.0 Å². The average Bonchev–Trinajstić information content (AvgIpc) is 2.60. The third-order valence-corrected chi connectivity index (χ3v) is 5.09. The zero-order valence-electron chi connectivity index (χ0n) is 16.5. The first-order valence-corrected chi connectivity index (χ1v) is 9.67. The summed E-state index contributed by atoms with van der Waals surface area (Å²) in [5.41, 5.74) is 0.475. The molecule has 1 aromatic rings. The lowest BCUT2D eigenvalue weighted by Crippen LogP contribution is -2.42. The normalized spacial score (nSPS) is 19.0. The number of esters is 1. The van der Waals surface area contributed by atoms with E-state index in [1.165, 1.54) is 6.42 Å². The number of carbonyl (C=O) groups is 1. The van der Waals surface area contributed by atoms with Crippen LogP contribution in [0.1, 0.15) is 63.9 Å². The first-order valence-electron chi connectivity index (χ1n) is 9.67. The Morgan fingerprint density at radius 2 is 1.81 bits per heavy atom. The number of ether oxygens (including phenoxy) is 2. The molecule has 0 amide bonds. The van der Waals surface area contributed by atoms with Crippen molar-refractivity contribution >= 4 is 5.97 Å². The van der Waals surface area contributed by atoms with Crippen LogP contribution in [0.3, 0.4) is 0 Å². The summed E-state index contributed by atoms with van der Waals surface area (Å²) in [7, 11) is 4.08. The van der Waals surface area contributed by atoms with Crippen molar-refractivity contribution in [3.05, 3.63) is 29.8 Å². The van der Waals surface area contributed by atoms with Crippen LogP contribution >= 0.6 is 0 Å². The number of hydrogen-bond acceptors (Lipinski definition) is 5. The second-order valence-electron chi connectivity index (χ2n) is 7.58. The summed E-state index contributed by atoms with van der Waals surface area (Å²) in [5, 5.41) is 11.3. The van der Waals surface area contributed by atoms with Crippen LogP contribution in [0.5, 0.6) is 5.75 Å². The molecule has 5 heteroatoms. The van der Waals surface area contributed by atoms with E-state index in [4.69, 9.17) is 9.47 Å². The average molecular weight is 363 g/mol. The zero-order valence-corrected chi connectivity index (χ0v) is 16.5. The van der Waals surface area contributed by atoms with Crippen LogP contribution in [0.15, 0.2) is 24.3 Å². The molecule has 0 spiro atoms. The molecule has 5 nitrogen and oxygen atoms in total. The fourth-order valence-corrected chi connectivity index (χ4v) is 3.73. The third kappa shape index (κ3) is 5.71. The maximum Gasteiger partial charge on any atom is 0.308 e. The van der Waals surface area contributed by atoms with Crippen molar-refractivity contribution in [2.45, 2.75) is 70.2 Å². The number of benzene rings is 1. The standard InChI is InChI=1S/C21H33NO4/c1-5-20(23)26-16(2)25-18-11-9-17(10-12-18)19(15-22(3)4)21(24)13-7-6-8-14-21/h9-12,16,19,24H,5-8,13-15H2,1-4H3. The molecule has 1 aliphatic rings. The van der Waals surface area contributed by atoms with Crippen LogP contribution in [-0.2, 0) is 9.53 Å². The fraction of sp³-hybridized carbons (Fsp3) is 0.667. The molecule has 0 bridgehead atoms. The van der Waals surface area contributed by atoms with E-state index in [1.807, 2.05) is 38.4 Å². The number of rotatable bonds is 8. The molecule has 0 aromatic heterocycles. The Labute approximate surface area is 157 Å². The van der Waals surface area contributed by atoms with Crippen molar-refractivity contribution in [1.82, 2.24) is 4.90 Å². The van der Waals surface area contributed by atoms with Crippen LogP contribution in [0.4, 0.5) is 0 Å². The zero-order chi connectivity index (χ0) is 19.2. The molecular weight excluding hydrogens is 330 g/mol. The van der Waals surface area contributed by atoms with Gasteiger partial charge in [0.25, 0.3) is 0 Å². The minimum absolute atomic E-state index is 0.0715. The molecule has 26 heavy (non-hydrogen) atoms. The Bertz CT molecular complexity index is 564. The van der Waals surface area contributed by atoms with Crippen LogP contribution in [0, 0.1) is 0 Å². The van der Waals surface area contributed by atoms with Gasteiger partial charge in [0.2, 0.25) is 6.29 Å². The first kappa shape index (κ1) is 20.7. The highest BCUT2D eigenvalue weighted by Gasteiger charge is 2.38. The summed E-state index contributed by atoms with van der Waals surface area (Å²) >= 11 is 0. The van der Waals surface area contributed by atoms with Crippen molar-refractivity contribution < 1.29 is 19.4 Å². The van der Waals surface area contributed by atoms with Crippen molar-refractivity contribution in [1.29, 1.82) is 0 Å². The molecule has 0 aliphatic heterocycles. The minimum Gasteiger partial charge on any atom is -0.455 e. The van der Waals surface area contributed by atoms with Crippen molar-refractivity contribution in [3.63, 3.8) is 0 Å². The molecule has 1 N–H and O–H groups in total. The maximum atomic E-state index is 11.3. The van der Waals surface area contributed by atoms with Gasteiger partial charge in [0.1, 0.15) is 5.75 Å². The highest BCUT2D eigenvalue weighted by atomic mass is 16.7. The largest absolute Gasteiger partial charge is 0.455 e. The first-order chi connectivity index (χ1) is 12.3. The molecule has 2 rings (SSSR count). The van der Waals surface area contributed by atoms with E-state index in [9.17, 15) is 9.90 Å². The van der Waals surface area contributed by atoms with Gasteiger partial charge < -0.3 is 19.5 Å². The number of hydrogen-bond donors (Lipinski definition) is 1. The van der Waals surface area contributed by atoms with Gasteiger partial charge in [-0.2, -0.15) is 0 Å². The SMILES string of the molecule is CCC(=O)OC(C)Oc1ccc(C(CN(C)C)C2(O)CCCCC2)cc1. The van der Waals surface area contributed by atoms with Crippen LogP contribution < -0.4 is 4.74 Å². The highest BCUT2D eigenvalue weighted by Crippen LogP contribution is 2.40. The van der Waals surface area contributed by atoms with Gasteiger partial charge in [-0.05, 0) is 44.6 Å². The van der Waals surface area contributed by atoms with E-state index in [1.54, 1.807) is 13.8 Å². The van der Waals surface area contributed by atoms with E-state index in [-0.39, 0.29) is 11.9 Å². The lowest BCUT2D eigenvalue weighted by atomic mass is 9.72. The van der Waals surface area contributed by atoms with Crippen molar-refractivity contribution in [3.8, 4) is 5.75 Å². The predicted octanol–water partition coefficient (Wildman–Crippen LogP) is 3.71. The predicted molar refractivity (Wildman–Crippen MR) is 102 cm³/mol. The lowest BCUT2D eigenvalue weighted by Gasteiger charge is -2.40. The summed E-state index contributed by atoms with van der Waals surface area (Å²) in [6.45, 7) is 4.27. The Morgan fingerprint density at radius 1 is 1.19 bits per heavy atom. The molecule has 1 fully saturated rings. The van der Waals surface area contributed by atoms with Gasteiger partial charge >= 0.3 is 5.97 Å². The highest BCUT2D eigenvalue weighted by molar-refractivity contribution is 5.68. The number of aliphatic hydroxyl groups is 1. The summed E-state index contributed by atoms with van der Waals surface area (Å²) in [6.07, 6.45) is 4.80. The van der Waals surface area contributed by atoms with E-state index < -0.39 is 11.9 Å². The molecule has 0 heterocycles. The summed E-state index contributed by atoms with van der Waals surface area (Å²) in [6, 6.07) is 7.82. The molecule has 1 aromatic carbocycles. The fourth-order valence-electron chi connectivity index (χ4n) is 3.73. The molecule has 1 aliphatic carbocycles. The van der Waals surface area contributed by atoms with Crippen molar-refractivity contribution in [2.75, 3.05) is 20.6 Å². The van der Waals surface area contributed by atoms with Gasteiger partial charge in [0, 0.05) is 25.8 Å². The summed E-state index contributed by atoms with van der Waals surface area (Å²) in [4.78, 5) is 13.5. The van der Waals surface area contributed by atoms with Gasteiger partial charge in [0.05, 0.1) is 5.60 Å². The van der Waals surface area contributed by atoms with Gasteiger partial charge in [-0.25, -0.2) is 0 Å². The quantitative estimate of drug-likeness (QED) is 0.564. The third-order valence-electron chi connectivity index (χ3n) is 5.09. The number of nitrogens with zero attached hydrogens (tertiary/aromatic N) is 1.